The molecule has 2 aliphatic rings. The quantitative estimate of drug-likeness (QED) is 0.908. The van der Waals surface area contributed by atoms with E-state index in [2.05, 4.69) is 26.6 Å². The minimum absolute atomic E-state index is 0.00838. The average molecular weight is 354 g/mol. The van der Waals surface area contributed by atoms with Crippen molar-refractivity contribution < 1.29 is 9.90 Å². The number of para-hydroxylation sites is 1. The van der Waals surface area contributed by atoms with E-state index in [1.165, 1.54) is 11.3 Å². The number of nitrogens with zero attached hydrogens (tertiary/aromatic N) is 4. The summed E-state index contributed by atoms with van der Waals surface area (Å²) >= 11 is 0. The van der Waals surface area contributed by atoms with E-state index in [4.69, 9.17) is 0 Å². The molecule has 0 radical (unpaired) electrons. The Hall–Kier alpha value is -2.18. The summed E-state index contributed by atoms with van der Waals surface area (Å²) in [7, 11) is 2.03. The molecule has 3 heterocycles. The molecule has 0 bridgehead atoms. The zero-order valence-corrected chi connectivity index (χ0v) is 15.3. The predicted octanol–water partition coefficient (Wildman–Crippen LogP) is 1.68. The van der Waals surface area contributed by atoms with Crippen molar-refractivity contribution in [1.29, 1.82) is 0 Å². The van der Waals surface area contributed by atoms with E-state index in [9.17, 15) is 9.90 Å². The van der Waals surface area contributed by atoms with Crippen molar-refractivity contribution >= 4 is 11.6 Å². The molecule has 0 unspecified atom stereocenters. The first-order valence-electron chi connectivity index (χ1n) is 9.31. The number of likely N-dealkylation sites (tertiary alicyclic amines) is 1. The predicted molar refractivity (Wildman–Crippen MR) is 99.9 cm³/mol. The lowest BCUT2D eigenvalue weighted by molar-refractivity contribution is -0.121. The molecule has 1 spiro atoms. The highest BCUT2D eigenvalue weighted by atomic mass is 16.3. The molecule has 1 saturated heterocycles. The topological polar surface area (TPSA) is 61.6 Å². The number of aromatic nitrogens is 2. The number of aryl methyl sites for hydroxylation is 1. The van der Waals surface area contributed by atoms with Crippen LogP contribution in [0.5, 0.6) is 0 Å². The Labute approximate surface area is 154 Å². The molecule has 6 nitrogen and oxygen atoms in total. The summed E-state index contributed by atoms with van der Waals surface area (Å²) < 4.78 is 2.07. The van der Waals surface area contributed by atoms with E-state index in [-0.39, 0.29) is 17.9 Å². The number of hydrogen-bond donors (Lipinski definition) is 1. The average Bonchev–Trinajstić information content (AvgIpc) is 3.05. The van der Waals surface area contributed by atoms with Crippen LogP contribution in [0.2, 0.25) is 0 Å². The number of β-amino-alcohol motifs (C(OH)–C–C–N with tert-alkyl or cyclic N) is 1. The molecule has 1 aromatic carbocycles. The standard InChI is InChI=1S/C20H26N4O2/c1-22-15-21-13-16(22)14-23-8-6-20(7-9-23)12-19(26)24(10-11-25)18-5-3-2-4-17(18)20/h2-5,13,15,25H,6-12,14H2,1H3. The van der Waals surface area contributed by atoms with E-state index in [0.29, 0.717) is 13.0 Å². The van der Waals surface area contributed by atoms with Crippen LogP contribution in [-0.4, -0.2) is 51.7 Å². The van der Waals surface area contributed by atoms with Crippen LogP contribution >= 0.6 is 0 Å². The Morgan fingerprint density at radius 3 is 2.69 bits per heavy atom. The number of carbonyl (C=O) groups excluding carboxylic acids is 1. The first-order chi connectivity index (χ1) is 12.6. The van der Waals surface area contributed by atoms with E-state index in [1.807, 2.05) is 31.7 Å². The summed E-state index contributed by atoms with van der Waals surface area (Å²) in [4.78, 5) is 21.2. The number of hydrogen-bond acceptors (Lipinski definition) is 4. The SMILES string of the molecule is Cn1cncc1CN1CCC2(CC1)CC(=O)N(CCO)c1ccccc12. The largest absolute Gasteiger partial charge is 0.395 e. The van der Waals surface area contributed by atoms with Gasteiger partial charge in [-0.25, -0.2) is 4.98 Å². The van der Waals surface area contributed by atoms with Crippen molar-refractivity contribution in [3.8, 4) is 0 Å². The van der Waals surface area contributed by atoms with Gasteiger partial charge in [-0.1, -0.05) is 18.2 Å². The maximum atomic E-state index is 12.8. The number of imidazole rings is 1. The van der Waals surface area contributed by atoms with Crippen molar-refractivity contribution in [3.63, 3.8) is 0 Å². The summed E-state index contributed by atoms with van der Waals surface area (Å²) in [5.74, 6) is 0.137. The van der Waals surface area contributed by atoms with Crippen LogP contribution < -0.4 is 4.90 Å². The molecule has 0 atom stereocenters. The second kappa shape index (κ2) is 6.85. The van der Waals surface area contributed by atoms with Gasteiger partial charge in [0.2, 0.25) is 5.91 Å². The second-order valence-corrected chi connectivity index (χ2v) is 7.52. The van der Waals surface area contributed by atoms with Gasteiger partial charge in [-0.3, -0.25) is 9.69 Å². The van der Waals surface area contributed by atoms with Gasteiger partial charge >= 0.3 is 0 Å². The molecule has 0 saturated carbocycles. The Morgan fingerprint density at radius 1 is 1.23 bits per heavy atom. The van der Waals surface area contributed by atoms with Crippen molar-refractivity contribution in [2.24, 2.45) is 7.05 Å². The lowest BCUT2D eigenvalue weighted by Crippen LogP contribution is -2.50. The van der Waals surface area contributed by atoms with Crippen molar-refractivity contribution in [3.05, 3.63) is 48.0 Å². The van der Waals surface area contributed by atoms with Gasteiger partial charge in [0.15, 0.2) is 0 Å². The zero-order chi connectivity index (χ0) is 18.1. The van der Waals surface area contributed by atoms with Crippen LogP contribution in [0.25, 0.3) is 0 Å². The molecule has 1 N–H and O–H groups in total. The van der Waals surface area contributed by atoms with Gasteiger partial charge in [0.25, 0.3) is 0 Å². The van der Waals surface area contributed by atoms with E-state index >= 15 is 0 Å². The van der Waals surface area contributed by atoms with Crippen LogP contribution in [-0.2, 0) is 23.8 Å². The molecule has 1 amide bonds. The molecule has 1 aromatic heterocycles. The van der Waals surface area contributed by atoms with Crippen molar-refractivity contribution in [2.45, 2.75) is 31.2 Å². The third kappa shape index (κ3) is 2.93. The number of aliphatic hydroxyl groups excluding tert-OH is 1. The highest BCUT2D eigenvalue weighted by Crippen LogP contribution is 2.46. The van der Waals surface area contributed by atoms with Gasteiger partial charge in [-0.05, 0) is 37.6 Å². The molecule has 2 aromatic rings. The van der Waals surface area contributed by atoms with Crippen molar-refractivity contribution in [2.75, 3.05) is 31.1 Å². The number of fused-ring (bicyclic) bond motifs is 2. The summed E-state index contributed by atoms with van der Waals surface area (Å²) in [6.07, 6.45) is 6.29. The summed E-state index contributed by atoms with van der Waals surface area (Å²) in [5, 5.41) is 9.34. The second-order valence-electron chi connectivity index (χ2n) is 7.52. The van der Waals surface area contributed by atoms with Gasteiger partial charge in [0.1, 0.15) is 0 Å². The molecule has 1 fully saturated rings. The maximum absolute atomic E-state index is 12.8. The van der Waals surface area contributed by atoms with Crippen LogP contribution in [0.3, 0.4) is 0 Å². The maximum Gasteiger partial charge on any atom is 0.227 e. The fourth-order valence-corrected chi connectivity index (χ4v) is 4.47. The smallest absolute Gasteiger partial charge is 0.227 e. The molecule has 4 rings (SSSR count). The fourth-order valence-electron chi connectivity index (χ4n) is 4.47. The first-order valence-corrected chi connectivity index (χ1v) is 9.31. The van der Waals surface area contributed by atoms with Crippen molar-refractivity contribution in [1.82, 2.24) is 14.5 Å². The fraction of sp³-hybridized carbons (Fsp3) is 0.500. The molecular weight excluding hydrogens is 328 g/mol. The molecule has 2 aliphatic heterocycles. The minimum Gasteiger partial charge on any atom is -0.395 e. The lowest BCUT2D eigenvalue weighted by Gasteiger charge is -2.47. The minimum atomic E-state index is -0.0669. The third-order valence-corrected chi connectivity index (χ3v) is 6.00. The monoisotopic (exact) mass is 354 g/mol. The summed E-state index contributed by atoms with van der Waals surface area (Å²) in [5.41, 5.74) is 3.41. The number of anilines is 1. The molecular formula is C20H26N4O2. The van der Waals surface area contributed by atoms with Gasteiger partial charge in [0.05, 0.1) is 18.6 Å². The molecule has 0 aliphatic carbocycles. The number of rotatable bonds is 4. The van der Waals surface area contributed by atoms with Crippen LogP contribution in [0, 0.1) is 0 Å². The van der Waals surface area contributed by atoms with Gasteiger partial charge in [-0.2, -0.15) is 0 Å². The zero-order valence-electron chi connectivity index (χ0n) is 15.3. The Balaban J connectivity index is 1.55. The normalized spacial score (nSPS) is 19.8. The summed E-state index contributed by atoms with van der Waals surface area (Å²) in [6.45, 7) is 3.22. The first kappa shape index (κ1) is 17.2. The highest BCUT2D eigenvalue weighted by molar-refractivity contribution is 5.98. The van der Waals surface area contributed by atoms with Gasteiger partial charge < -0.3 is 14.6 Å². The lowest BCUT2D eigenvalue weighted by atomic mass is 9.67. The Kier molecular flexibility index (Phi) is 4.54. The summed E-state index contributed by atoms with van der Waals surface area (Å²) in [6, 6.07) is 8.23. The Morgan fingerprint density at radius 2 is 2.00 bits per heavy atom. The molecule has 138 valence electrons. The van der Waals surface area contributed by atoms with Crippen LogP contribution in [0.15, 0.2) is 36.8 Å². The van der Waals surface area contributed by atoms with E-state index < -0.39 is 0 Å². The third-order valence-electron chi connectivity index (χ3n) is 6.00. The van der Waals surface area contributed by atoms with Crippen LogP contribution in [0.1, 0.15) is 30.5 Å². The van der Waals surface area contributed by atoms with E-state index in [1.54, 1.807) is 4.90 Å². The number of piperidine rings is 1. The van der Waals surface area contributed by atoms with Gasteiger partial charge in [0, 0.05) is 43.9 Å². The van der Waals surface area contributed by atoms with Crippen LogP contribution in [0.4, 0.5) is 5.69 Å². The number of benzene rings is 1. The molecule has 6 heteroatoms. The Bertz CT molecular complexity index is 793. The number of aliphatic hydroxyl groups is 1. The molecule has 26 heavy (non-hydrogen) atoms. The van der Waals surface area contributed by atoms with Gasteiger partial charge in [-0.15, -0.1) is 0 Å². The number of carbonyl (C=O) groups is 1. The highest BCUT2D eigenvalue weighted by Gasteiger charge is 2.44. The van der Waals surface area contributed by atoms with E-state index in [0.717, 1.165) is 38.2 Å². The number of amides is 1.